The minimum absolute atomic E-state index is 1.08. The molecule has 0 heterocycles. The Morgan fingerprint density at radius 1 is 0.220 bits per heavy atom. The van der Waals surface area contributed by atoms with Crippen LogP contribution in [0.5, 0.6) is 0 Å². The van der Waals surface area contributed by atoms with E-state index in [0.29, 0.717) is 0 Å². The number of hydrogen-bond acceptors (Lipinski definition) is 1. The van der Waals surface area contributed by atoms with Gasteiger partial charge in [0.15, 0.2) is 0 Å². The number of rotatable bonds is 9. The van der Waals surface area contributed by atoms with Gasteiger partial charge in [-0.1, -0.05) is 218 Å². The summed E-state index contributed by atoms with van der Waals surface area (Å²) < 4.78 is 0. The van der Waals surface area contributed by atoms with Gasteiger partial charge in [0.05, 0.1) is 11.4 Å². The molecule has 0 aliphatic rings. The monoisotopic (exact) mass is 751 g/mol. The molecule has 0 aromatic heterocycles. The van der Waals surface area contributed by atoms with Crippen molar-refractivity contribution in [2.24, 2.45) is 0 Å². The lowest BCUT2D eigenvalue weighted by Crippen LogP contribution is -2.12. The first kappa shape index (κ1) is 35.7. The summed E-state index contributed by atoms with van der Waals surface area (Å²) in [6, 6.07) is 89.9. The molecule has 0 aliphatic heterocycles. The van der Waals surface area contributed by atoms with E-state index >= 15 is 0 Å². The topological polar surface area (TPSA) is 3.24 Å². The maximum absolute atomic E-state index is 2.46. The zero-order valence-electron chi connectivity index (χ0n) is 32.6. The van der Waals surface area contributed by atoms with E-state index < -0.39 is 0 Å². The number of hydrogen-bond donors (Lipinski definition) is 0. The first-order chi connectivity index (χ1) is 29.3. The maximum Gasteiger partial charge on any atom is 0.0546 e. The van der Waals surface area contributed by atoms with Gasteiger partial charge in [-0.15, -0.1) is 0 Å². The van der Waals surface area contributed by atoms with Crippen molar-refractivity contribution in [2.45, 2.75) is 0 Å². The minimum atomic E-state index is 1.08. The summed E-state index contributed by atoms with van der Waals surface area (Å²) in [5, 5.41) is 2.47. The van der Waals surface area contributed by atoms with Gasteiger partial charge in [-0.2, -0.15) is 0 Å². The lowest BCUT2D eigenvalue weighted by atomic mass is 9.93. The van der Waals surface area contributed by atoms with Crippen molar-refractivity contribution in [3.63, 3.8) is 0 Å². The molecule has 10 rings (SSSR count). The van der Waals surface area contributed by atoms with Gasteiger partial charge in [-0.25, -0.2) is 0 Å². The van der Waals surface area contributed by atoms with Crippen molar-refractivity contribution in [3.05, 3.63) is 249 Å². The highest BCUT2D eigenvalue weighted by atomic mass is 15.1. The zero-order chi connectivity index (χ0) is 39.4. The largest absolute Gasteiger partial charge is 0.309 e. The molecule has 59 heavy (non-hydrogen) atoms. The molecule has 10 aromatic carbocycles. The van der Waals surface area contributed by atoms with E-state index in [4.69, 9.17) is 0 Å². The van der Waals surface area contributed by atoms with Crippen LogP contribution in [0.25, 0.3) is 77.5 Å². The summed E-state index contributed by atoms with van der Waals surface area (Å²) in [6.07, 6.45) is 0. The van der Waals surface area contributed by atoms with Crippen LogP contribution >= 0.6 is 0 Å². The van der Waals surface area contributed by atoms with Crippen molar-refractivity contribution in [2.75, 3.05) is 4.90 Å². The predicted octanol–water partition coefficient (Wildman–Crippen LogP) is 16.3. The van der Waals surface area contributed by atoms with E-state index in [0.717, 1.165) is 39.3 Å². The van der Waals surface area contributed by atoms with Gasteiger partial charge < -0.3 is 4.90 Å². The van der Waals surface area contributed by atoms with Crippen molar-refractivity contribution in [1.82, 2.24) is 0 Å². The molecule has 0 bridgehead atoms. The smallest absolute Gasteiger partial charge is 0.0546 e. The molecule has 0 N–H and O–H groups in total. The Balaban J connectivity index is 1.17. The first-order valence-electron chi connectivity index (χ1n) is 20.3. The van der Waals surface area contributed by atoms with Crippen molar-refractivity contribution in [1.29, 1.82) is 0 Å². The molecule has 1 nitrogen and oxygen atoms in total. The summed E-state index contributed by atoms with van der Waals surface area (Å²) >= 11 is 0. The molecular formula is C58H41N. The second-order valence-electron chi connectivity index (χ2n) is 14.9. The third-order valence-electron chi connectivity index (χ3n) is 11.3. The highest BCUT2D eigenvalue weighted by molar-refractivity contribution is 6.00. The minimum Gasteiger partial charge on any atom is -0.309 e. The molecule has 0 aliphatic carbocycles. The standard InChI is InChI=1S/C58H41N/c1-4-16-42(17-5-1)44-30-32-48(33-31-44)55-27-12-13-29-57(55)59(52-37-34-45(35-38-52)50-25-14-24-49(40-50)43-18-6-2-7-19-43)58-41-51(36-39-56(58)47-20-8-3-9-21-47)54-28-15-23-46-22-10-11-26-53(46)54/h1-41H. The lowest BCUT2D eigenvalue weighted by molar-refractivity contribution is 1.28. The van der Waals surface area contributed by atoms with Crippen LogP contribution in [-0.2, 0) is 0 Å². The van der Waals surface area contributed by atoms with E-state index in [1.165, 1.54) is 55.3 Å². The van der Waals surface area contributed by atoms with E-state index in [-0.39, 0.29) is 0 Å². The van der Waals surface area contributed by atoms with Crippen LogP contribution in [0.2, 0.25) is 0 Å². The molecule has 0 radical (unpaired) electrons. The Hall–Kier alpha value is -7.74. The van der Waals surface area contributed by atoms with Crippen LogP contribution in [-0.4, -0.2) is 0 Å². The summed E-state index contributed by atoms with van der Waals surface area (Å²) in [4.78, 5) is 2.46. The highest BCUT2D eigenvalue weighted by Gasteiger charge is 2.22. The van der Waals surface area contributed by atoms with Crippen LogP contribution in [0.3, 0.4) is 0 Å². The number of nitrogens with zero attached hydrogens (tertiary/aromatic N) is 1. The predicted molar refractivity (Wildman–Crippen MR) is 251 cm³/mol. The fraction of sp³-hybridized carbons (Fsp3) is 0. The number of fused-ring (bicyclic) bond motifs is 1. The maximum atomic E-state index is 2.46. The molecule has 0 atom stereocenters. The molecule has 0 spiro atoms. The molecule has 1 heteroatoms. The third-order valence-corrected chi connectivity index (χ3v) is 11.3. The fourth-order valence-electron chi connectivity index (χ4n) is 8.33. The Labute approximate surface area is 346 Å². The summed E-state index contributed by atoms with van der Waals surface area (Å²) in [5.74, 6) is 0. The van der Waals surface area contributed by atoms with E-state index in [1.807, 2.05) is 0 Å². The summed E-state index contributed by atoms with van der Waals surface area (Å²) in [5.41, 5.74) is 17.5. The van der Waals surface area contributed by atoms with Gasteiger partial charge >= 0.3 is 0 Å². The van der Waals surface area contributed by atoms with Crippen LogP contribution in [0.4, 0.5) is 17.1 Å². The quantitative estimate of drug-likeness (QED) is 0.142. The molecule has 0 fully saturated rings. The van der Waals surface area contributed by atoms with Gasteiger partial charge in [0, 0.05) is 16.8 Å². The molecule has 0 unspecified atom stereocenters. The Kier molecular flexibility index (Phi) is 9.68. The van der Waals surface area contributed by atoms with Gasteiger partial charge in [-0.05, 0) is 96.7 Å². The number of anilines is 3. The molecular weight excluding hydrogens is 711 g/mol. The van der Waals surface area contributed by atoms with Gasteiger partial charge in [0.2, 0.25) is 0 Å². The summed E-state index contributed by atoms with van der Waals surface area (Å²) in [6.45, 7) is 0. The van der Waals surface area contributed by atoms with Gasteiger partial charge in [0.1, 0.15) is 0 Å². The zero-order valence-corrected chi connectivity index (χ0v) is 32.6. The van der Waals surface area contributed by atoms with Crippen molar-refractivity contribution >= 4 is 27.8 Å². The highest BCUT2D eigenvalue weighted by Crippen LogP contribution is 2.47. The van der Waals surface area contributed by atoms with Crippen LogP contribution in [0, 0.1) is 0 Å². The molecule has 0 saturated carbocycles. The average molecular weight is 752 g/mol. The van der Waals surface area contributed by atoms with E-state index in [9.17, 15) is 0 Å². The third kappa shape index (κ3) is 7.23. The van der Waals surface area contributed by atoms with Gasteiger partial charge in [0.25, 0.3) is 0 Å². The average Bonchev–Trinajstić information content (AvgIpc) is 3.33. The Morgan fingerprint density at radius 2 is 0.644 bits per heavy atom. The second-order valence-corrected chi connectivity index (χ2v) is 14.9. The van der Waals surface area contributed by atoms with Crippen molar-refractivity contribution in [3.8, 4) is 66.8 Å². The van der Waals surface area contributed by atoms with Gasteiger partial charge in [-0.3, -0.25) is 0 Å². The molecule has 278 valence electrons. The Bertz CT molecular complexity index is 3000. The van der Waals surface area contributed by atoms with E-state index in [2.05, 4.69) is 254 Å². The SMILES string of the molecule is c1ccc(-c2ccc(-c3ccccc3N(c3ccc(-c4cccc(-c5ccccc5)c4)cc3)c3cc(-c4cccc5ccccc45)ccc3-c3ccccc3)cc2)cc1. The first-order valence-corrected chi connectivity index (χ1v) is 20.3. The number of benzene rings is 10. The van der Waals surface area contributed by atoms with E-state index in [1.54, 1.807) is 0 Å². The number of para-hydroxylation sites is 1. The van der Waals surface area contributed by atoms with Crippen LogP contribution < -0.4 is 4.90 Å². The summed E-state index contributed by atoms with van der Waals surface area (Å²) in [7, 11) is 0. The van der Waals surface area contributed by atoms with Crippen molar-refractivity contribution < 1.29 is 0 Å². The molecule has 10 aromatic rings. The lowest BCUT2D eigenvalue weighted by Gasteiger charge is -2.30. The second kappa shape index (κ2) is 16.0. The van der Waals surface area contributed by atoms with Crippen LogP contribution in [0.1, 0.15) is 0 Å². The normalized spacial score (nSPS) is 11.1. The molecule has 0 amide bonds. The molecule has 0 saturated heterocycles. The van der Waals surface area contributed by atoms with Crippen LogP contribution in [0.15, 0.2) is 249 Å². The Morgan fingerprint density at radius 3 is 1.36 bits per heavy atom. The fourth-order valence-corrected chi connectivity index (χ4v) is 8.33.